The van der Waals surface area contributed by atoms with Crippen LogP contribution in [-0.2, 0) is 19.1 Å². The maximum absolute atomic E-state index is 13.3. The minimum atomic E-state index is -0.743. The summed E-state index contributed by atoms with van der Waals surface area (Å²) in [6, 6.07) is 0. The van der Waals surface area contributed by atoms with Crippen molar-refractivity contribution in [2.45, 2.75) is 131 Å². The lowest BCUT2D eigenvalue weighted by atomic mass is 9.35. The summed E-state index contributed by atoms with van der Waals surface area (Å²) in [6.07, 6.45) is 8.82. The Bertz CT molecular complexity index is 968. The summed E-state index contributed by atoms with van der Waals surface area (Å²) in [7, 11) is 0. The van der Waals surface area contributed by atoms with E-state index in [0.29, 0.717) is 17.3 Å². The van der Waals surface area contributed by atoms with Gasteiger partial charge in [-0.3, -0.25) is 4.79 Å². The van der Waals surface area contributed by atoms with E-state index in [9.17, 15) is 14.7 Å². The molecule has 10 atom stereocenters. The van der Waals surface area contributed by atoms with E-state index in [4.69, 9.17) is 9.47 Å². The smallest absolute Gasteiger partial charge is 0.335 e. The number of esters is 2. The molecular formula is C31H48O5. The van der Waals surface area contributed by atoms with E-state index in [2.05, 4.69) is 34.6 Å². The molecule has 5 nitrogen and oxygen atoms in total. The molecule has 0 spiro atoms. The third-order valence-electron chi connectivity index (χ3n) is 12.4. The van der Waals surface area contributed by atoms with Crippen LogP contribution in [0.3, 0.4) is 0 Å². The van der Waals surface area contributed by atoms with Gasteiger partial charge in [0.1, 0.15) is 12.2 Å². The molecule has 0 aromatic rings. The highest BCUT2D eigenvalue weighted by atomic mass is 16.6. The van der Waals surface area contributed by atoms with Gasteiger partial charge in [-0.2, -0.15) is 0 Å². The summed E-state index contributed by atoms with van der Waals surface area (Å²) in [4.78, 5) is 26.3. The Morgan fingerprint density at radius 3 is 2.44 bits per heavy atom. The van der Waals surface area contributed by atoms with Crippen molar-refractivity contribution in [3.8, 4) is 0 Å². The Labute approximate surface area is 217 Å². The van der Waals surface area contributed by atoms with Gasteiger partial charge in [-0.25, -0.2) is 4.79 Å². The number of fused-ring (bicyclic) bond motifs is 6. The van der Waals surface area contributed by atoms with Gasteiger partial charge in [0.25, 0.3) is 0 Å². The molecule has 3 fully saturated rings. The summed E-state index contributed by atoms with van der Waals surface area (Å²) in [6.45, 7) is 15.7. The van der Waals surface area contributed by atoms with E-state index in [1.807, 2.05) is 6.92 Å². The first-order chi connectivity index (χ1) is 16.8. The molecule has 0 bridgehead atoms. The predicted molar refractivity (Wildman–Crippen MR) is 139 cm³/mol. The fraction of sp³-hybridized carbons (Fsp3) is 0.871. The molecule has 3 saturated carbocycles. The van der Waals surface area contributed by atoms with Crippen LogP contribution in [-0.4, -0.2) is 35.4 Å². The highest BCUT2D eigenvalue weighted by molar-refractivity contribution is 5.94. The van der Waals surface area contributed by atoms with Crippen LogP contribution in [0.2, 0.25) is 0 Å². The second-order valence-electron chi connectivity index (χ2n) is 14.1. The lowest BCUT2D eigenvalue weighted by molar-refractivity contribution is -0.228. The molecule has 202 valence electrons. The largest absolute Gasteiger partial charge is 0.461 e. The standard InChI is InChI=1S/C31H48O5/c1-8-28(4)13-9-14-29(5)21(28)12-15-30(6)22-11-10-20-19(3)35-27(34)26(20)31(22,7)24(17-23(29)30)36-25(33)16-18(2)32/h18-19,21-24,32H,8-17H2,1-7H3/t18?,19-,21?,22?,23?,24+,28+,29+,30+,31-/m1/s1. The number of aliphatic hydroxyl groups is 1. The van der Waals surface area contributed by atoms with Gasteiger partial charge in [0, 0.05) is 11.0 Å². The number of carbonyl (C=O) groups excluding carboxylic acids is 2. The van der Waals surface area contributed by atoms with E-state index in [1.54, 1.807) is 6.92 Å². The van der Waals surface area contributed by atoms with Gasteiger partial charge in [0.05, 0.1) is 12.5 Å². The number of ether oxygens (including phenoxy) is 2. The summed E-state index contributed by atoms with van der Waals surface area (Å²) < 4.78 is 12.1. The second kappa shape index (κ2) is 8.58. The lowest BCUT2D eigenvalue weighted by Gasteiger charge is -2.70. The zero-order valence-electron chi connectivity index (χ0n) is 23.6. The second-order valence-corrected chi connectivity index (χ2v) is 14.1. The van der Waals surface area contributed by atoms with Crippen molar-refractivity contribution in [3.05, 3.63) is 11.1 Å². The van der Waals surface area contributed by atoms with E-state index in [-0.39, 0.29) is 47.3 Å². The lowest BCUT2D eigenvalue weighted by Crippen LogP contribution is -2.66. The first kappa shape index (κ1) is 26.3. The summed E-state index contributed by atoms with van der Waals surface area (Å²) >= 11 is 0. The van der Waals surface area contributed by atoms with Gasteiger partial charge in [-0.15, -0.1) is 0 Å². The molecule has 0 aromatic carbocycles. The molecule has 5 rings (SSSR count). The number of cyclic esters (lactones) is 1. The Hall–Kier alpha value is -1.36. The average Bonchev–Trinajstić information content (AvgIpc) is 3.08. The number of carbonyl (C=O) groups is 2. The highest BCUT2D eigenvalue weighted by Crippen LogP contribution is 2.74. The van der Waals surface area contributed by atoms with Crippen molar-refractivity contribution in [1.29, 1.82) is 0 Å². The van der Waals surface area contributed by atoms with Crippen LogP contribution in [0.5, 0.6) is 0 Å². The molecular weight excluding hydrogens is 452 g/mol. The zero-order chi connectivity index (χ0) is 26.3. The Morgan fingerprint density at radius 2 is 1.78 bits per heavy atom. The van der Waals surface area contributed by atoms with Crippen molar-refractivity contribution in [2.24, 2.45) is 39.4 Å². The third-order valence-corrected chi connectivity index (χ3v) is 12.4. The molecule has 4 aliphatic carbocycles. The number of aliphatic hydroxyl groups excluding tert-OH is 1. The predicted octanol–water partition coefficient (Wildman–Crippen LogP) is 6.37. The topological polar surface area (TPSA) is 72.8 Å². The first-order valence-electron chi connectivity index (χ1n) is 14.6. The van der Waals surface area contributed by atoms with Gasteiger partial charge >= 0.3 is 11.9 Å². The van der Waals surface area contributed by atoms with E-state index in [1.165, 1.54) is 38.5 Å². The van der Waals surface area contributed by atoms with E-state index < -0.39 is 11.5 Å². The molecule has 0 amide bonds. The van der Waals surface area contributed by atoms with Gasteiger partial charge in [0.15, 0.2) is 0 Å². The van der Waals surface area contributed by atoms with E-state index >= 15 is 0 Å². The van der Waals surface area contributed by atoms with Crippen molar-refractivity contribution in [1.82, 2.24) is 0 Å². The third kappa shape index (κ3) is 3.50. The zero-order valence-corrected chi connectivity index (χ0v) is 23.6. The van der Waals surface area contributed by atoms with Gasteiger partial charge in [0.2, 0.25) is 0 Å². The van der Waals surface area contributed by atoms with Gasteiger partial charge in [-0.1, -0.05) is 47.5 Å². The minimum absolute atomic E-state index is 0.0142. The SMILES string of the molecule is CC[C@@]1(C)CCC[C@@]2(C)C1CC[C@]1(C)C2C[C@H](OC(=O)CC(C)O)[C@]2(C)C3=C(CCC12)[C@@H](C)OC3=O. The van der Waals surface area contributed by atoms with E-state index in [0.717, 1.165) is 30.4 Å². The monoisotopic (exact) mass is 500 g/mol. The van der Waals surface area contributed by atoms with Crippen molar-refractivity contribution in [3.63, 3.8) is 0 Å². The molecule has 5 aliphatic rings. The molecule has 1 aliphatic heterocycles. The van der Waals surface area contributed by atoms with Crippen LogP contribution in [0.25, 0.3) is 0 Å². The number of hydrogen-bond acceptors (Lipinski definition) is 5. The normalized spacial score (nSPS) is 48.8. The summed E-state index contributed by atoms with van der Waals surface area (Å²) in [5, 5.41) is 9.90. The molecule has 1 N–H and O–H groups in total. The Balaban J connectivity index is 1.61. The fourth-order valence-electron chi connectivity index (χ4n) is 10.6. The van der Waals surface area contributed by atoms with Crippen LogP contribution in [0, 0.1) is 39.4 Å². The quantitative estimate of drug-likeness (QED) is 0.454. The Morgan fingerprint density at radius 1 is 1.08 bits per heavy atom. The Kier molecular flexibility index (Phi) is 6.26. The van der Waals surface area contributed by atoms with Gasteiger partial charge < -0.3 is 14.6 Å². The maximum atomic E-state index is 13.3. The molecule has 0 saturated heterocycles. The van der Waals surface area contributed by atoms with Crippen LogP contribution < -0.4 is 0 Å². The van der Waals surface area contributed by atoms with Crippen LogP contribution in [0.15, 0.2) is 11.1 Å². The first-order valence-corrected chi connectivity index (χ1v) is 14.6. The molecule has 5 heteroatoms. The van der Waals surface area contributed by atoms with Gasteiger partial charge in [-0.05, 0) is 98.4 Å². The molecule has 0 radical (unpaired) electrons. The van der Waals surface area contributed by atoms with Crippen LogP contribution in [0.1, 0.15) is 113 Å². The van der Waals surface area contributed by atoms with Crippen LogP contribution >= 0.6 is 0 Å². The van der Waals surface area contributed by atoms with Crippen molar-refractivity contribution in [2.75, 3.05) is 0 Å². The number of hydrogen-bond donors (Lipinski definition) is 1. The molecule has 1 heterocycles. The maximum Gasteiger partial charge on any atom is 0.335 e. The minimum Gasteiger partial charge on any atom is -0.461 e. The summed E-state index contributed by atoms with van der Waals surface area (Å²) in [5.41, 5.74) is 2.01. The van der Waals surface area contributed by atoms with Crippen LogP contribution in [0.4, 0.5) is 0 Å². The average molecular weight is 501 g/mol. The molecule has 4 unspecified atom stereocenters. The number of rotatable bonds is 4. The molecule has 0 aromatic heterocycles. The van der Waals surface area contributed by atoms with Crippen molar-refractivity contribution < 1.29 is 24.2 Å². The highest BCUT2D eigenvalue weighted by Gasteiger charge is 2.70. The molecule has 36 heavy (non-hydrogen) atoms. The fourth-order valence-corrected chi connectivity index (χ4v) is 10.6. The van der Waals surface area contributed by atoms with Crippen molar-refractivity contribution >= 4 is 11.9 Å². The summed E-state index contributed by atoms with van der Waals surface area (Å²) in [5.74, 6) is 0.811.